The predicted octanol–water partition coefficient (Wildman–Crippen LogP) is 2.61. The van der Waals surface area contributed by atoms with E-state index in [0.29, 0.717) is 10.6 Å². The highest BCUT2D eigenvalue weighted by Gasteiger charge is 2.10. The Morgan fingerprint density at radius 3 is 2.93 bits per heavy atom. The maximum Gasteiger partial charge on any atom is 0.245 e. The van der Waals surface area contributed by atoms with Gasteiger partial charge in [0.15, 0.2) is 6.30 Å². The minimum atomic E-state index is -1.56. The summed E-state index contributed by atoms with van der Waals surface area (Å²) in [6, 6.07) is 6.24. The van der Waals surface area contributed by atoms with Crippen molar-refractivity contribution in [1.82, 2.24) is 5.32 Å². The maximum absolute atomic E-state index is 13.3. The van der Waals surface area contributed by atoms with Crippen LogP contribution in [0.5, 0.6) is 0 Å². The van der Waals surface area contributed by atoms with Gasteiger partial charge in [-0.25, -0.2) is 4.39 Å². The lowest BCUT2D eigenvalue weighted by Crippen LogP contribution is -2.23. The van der Waals surface area contributed by atoms with Crippen LogP contribution in [-0.2, 0) is 4.79 Å². The van der Waals surface area contributed by atoms with Crippen LogP contribution in [0.15, 0.2) is 36.9 Å². The molecule has 1 rings (SSSR count). The molecule has 0 fully saturated rings. The Bertz CT molecular complexity index is 354. The largest absolute Gasteiger partial charge is 0.319 e. The number of halogens is 2. The smallest absolute Gasteiger partial charge is 0.245 e. The monoisotopic (exact) mass is 213 g/mol. The van der Waals surface area contributed by atoms with Crippen molar-refractivity contribution in [3.8, 4) is 0 Å². The van der Waals surface area contributed by atoms with Gasteiger partial charge in [0.2, 0.25) is 5.91 Å². The normalized spacial score (nSPS) is 11.9. The average Bonchev–Trinajstić information content (AvgIpc) is 2.17. The van der Waals surface area contributed by atoms with Gasteiger partial charge in [0.1, 0.15) is 0 Å². The second kappa shape index (κ2) is 4.77. The highest BCUT2D eigenvalue weighted by molar-refractivity contribution is 6.30. The van der Waals surface area contributed by atoms with Crippen molar-refractivity contribution in [1.29, 1.82) is 0 Å². The van der Waals surface area contributed by atoms with Crippen molar-refractivity contribution in [3.05, 3.63) is 47.5 Å². The van der Waals surface area contributed by atoms with Crippen molar-refractivity contribution in [2.24, 2.45) is 0 Å². The van der Waals surface area contributed by atoms with Crippen molar-refractivity contribution in [2.75, 3.05) is 0 Å². The average molecular weight is 214 g/mol. The van der Waals surface area contributed by atoms with Gasteiger partial charge in [0, 0.05) is 10.6 Å². The lowest BCUT2D eigenvalue weighted by Gasteiger charge is -2.09. The minimum Gasteiger partial charge on any atom is -0.319 e. The standard InChI is InChI=1S/C10H9ClFNO/c1-2-9(14)13-10(12)7-4-3-5-8(11)6-7/h2-6,10H,1H2,(H,13,14). The van der Waals surface area contributed by atoms with E-state index in [9.17, 15) is 9.18 Å². The zero-order valence-electron chi connectivity index (χ0n) is 7.34. The van der Waals surface area contributed by atoms with Gasteiger partial charge < -0.3 is 5.32 Å². The lowest BCUT2D eigenvalue weighted by atomic mass is 10.2. The van der Waals surface area contributed by atoms with Crippen LogP contribution in [0, 0.1) is 0 Å². The van der Waals surface area contributed by atoms with Crippen LogP contribution >= 0.6 is 11.6 Å². The number of carbonyl (C=O) groups is 1. The van der Waals surface area contributed by atoms with E-state index in [4.69, 9.17) is 11.6 Å². The molecule has 14 heavy (non-hydrogen) atoms. The Morgan fingerprint density at radius 1 is 1.64 bits per heavy atom. The first kappa shape index (κ1) is 10.7. The molecular formula is C10H9ClFNO. The van der Waals surface area contributed by atoms with Crippen LogP contribution in [0.3, 0.4) is 0 Å². The van der Waals surface area contributed by atoms with Crippen LogP contribution in [0.25, 0.3) is 0 Å². The molecule has 1 aromatic rings. The summed E-state index contributed by atoms with van der Waals surface area (Å²) < 4.78 is 13.3. The number of nitrogens with one attached hydrogen (secondary N) is 1. The highest BCUT2D eigenvalue weighted by Crippen LogP contribution is 2.18. The van der Waals surface area contributed by atoms with Gasteiger partial charge >= 0.3 is 0 Å². The van der Waals surface area contributed by atoms with Gasteiger partial charge in [-0.15, -0.1) is 0 Å². The third kappa shape index (κ3) is 2.85. The molecule has 0 aliphatic carbocycles. The number of benzene rings is 1. The lowest BCUT2D eigenvalue weighted by molar-refractivity contribution is -0.118. The van der Waals surface area contributed by atoms with E-state index in [1.807, 2.05) is 0 Å². The molecule has 0 radical (unpaired) electrons. The zero-order valence-corrected chi connectivity index (χ0v) is 8.09. The first-order valence-electron chi connectivity index (χ1n) is 3.96. The number of hydrogen-bond donors (Lipinski definition) is 1. The van der Waals surface area contributed by atoms with E-state index in [-0.39, 0.29) is 0 Å². The summed E-state index contributed by atoms with van der Waals surface area (Å²) in [5.41, 5.74) is 0.313. The fraction of sp³-hybridized carbons (Fsp3) is 0.100. The molecule has 0 saturated carbocycles. The third-order valence-electron chi connectivity index (χ3n) is 1.60. The van der Waals surface area contributed by atoms with Crippen LogP contribution in [-0.4, -0.2) is 5.91 Å². The van der Waals surface area contributed by atoms with E-state index in [2.05, 4.69) is 11.9 Å². The van der Waals surface area contributed by atoms with Gasteiger partial charge in [-0.2, -0.15) is 0 Å². The molecule has 74 valence electrons. The molecule has 1 aromatic carbocycles. The molecule has 2 nitrogen and oxygen atoms in total. The van der Waals surface area contributed by atoms with E-state index < -0.39 is 12.2 Å². The Labute approximate surface area is 86.4 Å². The third-order valence-corrected chi connectivity index (χ3v) is 1.83. The SMILES string of the molecule is C=CC(=O)NC(F)c1cccc(Cl)c1. The van der Waals surface area contributed by atoms with Crippen LogP contribution < -0.4 is 5.32 Å². The van der Waals surface area contributed by atoms with Crippen molar-refractivity contribution in [3.63, 3.8) is 0 Å². The first-order chi connectivity index (χ1) is 6.63. The second-order valence-corrected chi connectivity index (χ2v) is 3.07. The van der Waals surface area contributed by atoms with Gasteiger partial charge in [-0.05, 0) is 18.2 Å². The molecule has 0 bridgehead atoms. The first-order valence-corrected chi connectivity index (χ1v) is 4.33. The summed E-state index contributed by atoms with van der Waals surface area (Å²) in [5.74, 6) is -0.558. The Hall–Kier alpha value is -1.35. The summed E-state index contributed by atoms with van der Waals surface area (Å²) >= 11 is 5.66. The van der Waals surface area contributed by atoms with E-state index in [1.54, 1.807) is 18.2 Å². The van der Waals surface area contributed by atoms with Gasteiger partial charge in [0.05, 0.1) is 0 Å². The number of rotatable bonds is 3. The molecule has 1 N–H and O–H groups in total. The van der Waals surface area contributed by atoms with Crippen molar-refractivity contribution >= 4 is 17.5 Å². The molecule has 0 heterocycles. The van der Waals surface area contributed by atoms with E-state index >= 15 is 0 Å². The summed E-state index contributed by atoms with van der Waals surface area (Å²) in [7, 11) is 0. The molecule has 1 amide bonds. The van der Waals surface area contributed by atoms with E-state index in [1.165, 1.54) is 6.07 Å². The highest BCUT2D eigenvalue weighted by atomic mass is 35.5. The van der Waals surface area contributed by atoms with Crippen molar-refractivity contribution in [2.45, 2.75) is 6.30 Å². The molecule has 1 unspecified atom stereocenters. The summed E-state index contributed by atoms with van der Waals surface area (Å²) in [5, 5.41) is 2.52. The quantitative estimate of drug-likeness (QED) is 0.607. The Kier molecular flexibility index (Phi) is 3.65. The number of carbonyl (C=O) groups excluding carboxylic acids is 1. The molecule has 0 aliphatic rings. The molecule has 0 aliphatic heterocycles. The zero-order chi connectivity index (χ0) is 10.6. The van der Waals surface area contributed by atoms with Crippen LogP contribution in [0.1, 0.15) is 11.9 Å². The summed E-state index contributed by atoms with van der Waals surface area (Å²) in [4.78, 5) is 10.8. The summed E-state index contributed by atoms with van der Waals surface area (Å²) in [6.07, 6.45) is -0.545. The van der Waals surface area contributed by atoms with Gasteiger partial charge in [0.25, 0.3) is 0 Å². The molecular weight excluding hydrogens is 205 g/mol. The molecule has 4 heteroatoms. The minimum absolute atomic E-state index is 0.313. The molecule has 0 aromatic heterocycles. The van der Waals surface area contributed by atoms with E-state index in [0.717, 1.165) is 6.08 Å². The number of hydrogen-bond acceptors (Lipinski definition) is 1. The number of alkyl halides is 1. The predicted molar refractivity (Wildman–Crippen MR) is 53.6 cm³/mol. The van der Waals surface area contributed by atoms with Crippen LogP contribution in [0.4, 0.5) is 4.39 Å². The Morgan fingerprint density at radius 2 is 2.36 bits per heavy atom. The topological polar surface area (TPSA) is 29.1 Å². The summed E-state index contributed by atoms with van der Waals surface area (Å²) in [6.45, 7) is 3.22. The Balaban J connectivity index is 2.74. The fourth-order valence-electron chi connectivity index (χ4n) is 0.931. The maximum atomic E-state index is 13.3. The molecule has 0 saturated heterocycles. The van der Waals surface area contributed by atoms with Crippen molar-refractivity contribution < 1.29 is 9.18 Å². The van der Waals surface area contributed by atoms with Gasteiger partial charge in [-0.1, -0.05) is 30.3 Å². The fourth-order valence-corrected chi connectivity index (χ4v) is 1.13. The second-order valence-electron chi connectivity index (χ2n) is 2.63. The van der Waals surface area contributed by atoms with Gasteiger partial charge in [-0.3, -0.25) is 4.79 Å². The molecule has 1 atom stereocenters. The number of amides is 1. The van der Waals surface area contributed by atoms with Crippen LogP contribution in [0.2, 0.25) is 5.02 Å². The molecule has 0 spiro atoms.